The zero-order valence-corrected chi connectivity index (χ0v) is 14.8. The van der Waals surface area contributed by atoms with Gasteiger partial charge in [0.15, 0.2) is 0 Å². The largest absolute Gasteiger partial charge is 0.465 e. The average molecular weight is 357 g/mol. The van der Waals surface area contributed by atoms with E-state index in [4.69, 9.17) is 9.47 Å². The third kappa shape index (κ3) is 5.40. The number of esters is 2. The van der Waals surface area contributed by atoms with Crippen LogP contribution >= 0.6 is 0 Å². The van der Waals surface area contributed by atoms with Crippen LogP contribution in [-0.4, -0.2) is 29.7 Å². The fourth-order valence-corrected chi connectivity index (χ4v) is 2.52. The van der Waals surface area contributed by atoms with Crippen LogP contribution in [0, 0.1) is 0 Å². The van der Waals surface area contributed by atoms with Gasteiger partial charge in [-0.2, -0.15) is 0 Å². The number of rotatable bonds is 8. The molecule has 2 aromatic carbocycles. The molecular weight excluding hydrogens is 334 g/mol. The summed E-state index contributed by atoms with van der Waals surface area (Å²) in [6.07, 6.45) is -1.07. The first-order chi connectivity index (χ1) is 12.5. The summed E-state index contributed by atoms with van der Waals surface area (Å²) < 4.78 is 10.3. The van der Waals surface area contributed by atoms with Gasteiger partial charge in [-0.25, -0.2) is 0 Å². The number of ether oxygens (including phenoxy) is 2. The second-order valence-corrected chi connectivity index (χ2v) is 5.67. The van der Waals surface area contributed by atoms with Crippen molar-refractivity contribution in [3.05, 3.63) is 65.7 Å². The van der Waals surface area contributed by atoms with E-state index in [2.05, 4.69) is 5.32 Å². The van der Waals surface area contributed by atoms with Crippen LogP contribution < -0.4 is 10.1 Å². The van der Waals surface area contributed by atoms with Gasteiger partial charge in [-0.15, -0.1) is 0 Å². The first kappa shape index (κ1) is 19.6. The molecule has 0 saturated carbocycles. The molecule has 6 nitrogen and oxygen atoms in total. The molecule has 138 valence electrons. The van der Waals surface area contributed by atoms with Crippen LogP contribution in [0.4, 0.5) is 0 Å². The van der Waals surface area contributed by atoms with E-state index >= 15 is 0 Å². The maximum absolute atomic E-state index is 12.3. The van der Waals surface area contributed by atoms with Gasteiger partial charge in [-0.3, -0.25) is 14.9 Å². The molecule has 2 aromatic rings. The van der Waals surface area contributed by atoms with Crippen molar-refractivity contribution in [3.63, 3.8) is 0 Å². The van der Waals surface area contributed by atoms with E-state index in [9.17, 15) is 14.7 Å². The number of aliphatic hydroxyl groups is 1. The van der Waals surface area contributed by atoms with Gasteiger partial charge < -0.3 is 14.6 Å². The maximum atomic E-state index is 12.3. The van der Waals surface area contributed by atoms with Crippen molar-refractivity contribution < 1.29 is 24.2 Å². The van der Waals surface area contributed by atoms with Gasteiger partial charge in [0.1, 0.15) is 17.9 Å². The summed E-state index contributed by atoms with van der Waals surface area (Å²) in [5.41, 5.74) is 1.29. The van der Waals surface area contributed by atoms with E-state index in [0.29, 0.717) is 16.9 Å². The Labute approximate surface area is 152 Å². The molecule has 6 heteroatoms. The van der Waals surface area contributed by atoms with Crippen molar-refractivity contribution in [2.45, 2.75) is 32.5 Å². The molecule has 0 spiro atoms. The highest BCUT2D eigenvalue weighted by molar-refractivity contribution is 5.77. The number of para-hydroxylation sites is 1. The molecule has 0 bridgehead atoms. The second kappa shape index (κ2) is 9.70. The van der Waals surface area contributed by atoms with Crippen molar-refractivity contribution in [1.82, 2.24) is 5.32 Å². The molecule has 0 aliphatic heterocycles. The first-order valence-corrected chi connectivity index (χ1v) is 8.42. The number of carbonyl (C=O) groups is 2. The van der Waals surface area contributed by atoms with Gasteiger partial charge in [0, 0.05) is 19.0 Å². The Kier molecular flexibility index (Phi) is 7.32. The molecule has 0 amide bonds. The van der Waals surface area contributed by atoms with Crippen LogP contribution in [0.15, 0.2) is 54.6 Å². The van der Waals surface area contributed by atoms with Crippen molar-refractivity contribution in [2.24, 2.45) is 0 Å². The van der Waals surface area contributed by atoms with Crippen LogP contribution in [0.3, 0.4) is 0 Å². The van der Waals surface area contributed by atoms with Crippen LogP contribution in [0.5, 0.6) is 5.75 Å². The average Bonchev–Trinajstić information content (AvgIpc) is 2.63. The number of hydrogen-bond acceptors (Lipinski definition) is 6. The lowest BCUT2D eigenvalue weighted by Crippen LogP contribution is -2.42. The Morgan fingerprint density at radius 3 is 2.38 bits per heavy atom. The normalized spacial score (nSPS) is 12.9. The van der Waals surface area contributed by atoms with Gasteiger partial charge in [-0.05, 0) is 18.6 Å². The number of benzene rings is 2. The number of carbonyl (C=O) groups excluding carboxylic acids is 2. The Balaban J connectivity index is 2.17. The highest BCUT2D eigenvalue weighted by atomic mass is 16.5. The molecule has 26 heavy (non-hydrogen) atoms. The van der Waals surface area contributed by atoms with Crippen molar-refractivity contribution in [3.8, 4) is 5.75 Å². The number of nitrogens with one attached hydrogen (secondary N) is 1. The summed E-state index contributed by atoms with van der Waals surface area (Å²) in [7, 11) is 0. The van der Waals surface area contributed by atoms with E-state index in [1.807, 2.05) is 6.07 Å². The SMILES string of the molecule is CCOC(=O)[C@@H](NCc1ccccc1OC(C)=O)C(O)c1ccccc1. The Bertz CT molecular complexity index is 732. The Hall–Kier alpha value is -2.70. The van der Waals surface area contributed by atoms with Gasteiger partial charge >= 0.3 is 11.9 Å². The number of aliphatic hydroxyl groups excluding tert-OH is 1. The van der Waals surface area contributed by atoms with Gasteiger partial charge in [-0.1, -0.05) is 48.5 Å². The summed E-state index contributed by atoms with van der Waals surface area (Å²) in [5, 5.41) is 13.6. The van der Waals surface area contributed by atoms with Crippen LogP contribution in [0.1, 0.15) is 31.1 Å². The molecule has 0 aromatic heterocycles. The Morgan fingerprint density at radius 2 is 1.73 bits per heavy atom. The molecule has 0 aliphatic carbocycles. The van der Waals surface area contributed by atoms with Crippen LogP contribution in [0.25, 0.3) is 0 Å². The third-order valence-corrected chi connectivity index (χ3v) is 3.74. The molecule has 0 radical (unpaired) electrons. The Morgan fingerprint density at radius 1 is 1.08 bits per heavy atom. The predicted octanol–water partition coefficient (Wildman–Crippen LogP) is 2.37. The lowest BCUT2D eigenvalue weighted by molar-refractivity contribution is -0.149. The molecule has 2 atom stereocenters. The minimum Gasteiger partial charge on any atom is -0.465 e. The zero-order chi connectivity index (χ0) is 18.9. The molecular formula is C20H23NO5. The van der Waals surface area contributed by atoms with Crippen molar-refractivity contribution in [2.75, 3.05) is 6.61 Å². The highest BCUT2D eigenvalue weighted by Crippen LogP contribution is 2.21. The maximum Gasteiger partial charge on any atom is 0.326 e. The van der Waals surface area contributed by atoms with E-state index in [1.165, 1.54) is 6.92 Å². The van der Waals surface area contributed by atoms with E-state index in [-0.39, 0.29) is 13.2 Å². The highest BCUT2D eigenvalue weighted by Gasteiger charge is 2.29. The zero-order valence-electron chi connectivity index (χ0n) is 14.8. The molecule has 0 heterocycles. The van der Waals surface area contributed by atoms with E-state index in [1.54, 1.807) is 55.5 Å². The summed E-state index contributed by atoms with van der Waals surface area (Å²) in [4.78, 5) is 23.5. The summed E-state index contributed by atoms with van der Waals surface area (Å²) in [6.45, 7) is 3.46. The van der Waals surface area contributed by atoms with Crippen LogP contribution in [0.2, 0.25) is 0 Å². The van der Waals surface area contributed by atoms with Crippen molar-refractivity contribution >= 4 is 11.9 Å². The molecule has 0 saturated heterocycles. The molecule has 1 unspecified atom stereocenters. The smallest absolute Gasteiger partial charge is 0.326 e. The lowest BCUT2D eigenvalue weighted by Gasteiger charge is -2.23. The molecule has 2 rings (SSSR count). The van der Waals surface area contributed by atoms with Gasteiger partial charge in [0.05, 0.1) is 6.61 Å². The molecule has 0 fully saturated rings. The minimum absolute atomic E-state index is 0.211. The monoisotopic (exact) mass is 357 g/mol. The predicted molar refractivity (Wildman–Crippen MR) is 96.4 cm³/mol. The number of hydrogen-bond donors (Lipinski definition) is 2. The summed E-state index contributed by atoms with van der Waals surface area (Å²) >= 11 is 0. The molecule has 2 N–H and O–H groups in total. The molecule has 0 aliphatic rings. The van der Waals surface area contributed by atoms with Gasteiger partial charge in [0.25, 0.3) is 0 Å². The summed E-state index contributed by atoms with van der Waals surface area (Å²) in [5.74, 6) is -0.568. The van der Waals surface area contributed by atoms with Gasteiger partial charge in [0.2, 0.25) is 0 Å². The fourth-order valence-electron chi connectivity index (χ4n) is 2.52. The third-order valence-electron chi connectivity index (χ3n) is 3.74. The quantitative estimate of drug-likeness (QED) is 0.557. The summed E-state index contributed by atoms with van der Waals surface area (Å²) in [6, 6.07) is 14.9. The topological polar surface area (TPSA) is 84.9 Å². The first-order valence-electron chi connectivity index (χ1n) is 8.42. The minimum atomic E-state index is -1.07. The van der Waals surface area contributed by atoms with Crippen LogP contribution in [-0.2, 0) is 20.9 Å². The van der Waals surface area contributed by atoms with Crippen molar-refractivity contribution in [1.29, 1.82) is 0 Å². The second-order valence-electron chi connectivity index (χ2n) is 5.67. The lowest BCUT2D eigenvalue weighted by atomic mass is 10.0. The fraction of sp³-hybridized carbons (Fsp3) is 0.300. The van der Waals surface area contributed by atoms with E-state index < -0.39 is 24.1 Å². The van der Waals surface area contributed by atoms with E-state index in [0.717, 1.165) is 0 Å². The standard InChI is InChI=1S/C20H23NO5/c1-3-25-20(24)18(19(23)15-9-5-4-6-10-15)21-13-16-11-7-8-12-17(16)26-14(2)22/h4-12,18-19,21,23H,3,13H2,1-2H3/t18-,19?/m0/s1.